The zero-order chi connectivity index (χ0) is 24.8. The van der Waals surface area contributed by atoms with E-state index in [0.29, 0.717) is 29.8 Å². The maximum absolute atomic E-state index is 12.9. The molecule has 7 heteroatoms. The molecule has 0 aliphatic carbocycles. The van der Waals surface area contributed by atoms with Crippen LogP contribution >= 0.6 is 0 Å². The molecule has 7 nitrogen and oxygen atoms in total. The highest BCUT2D eigenvalue weighted by Gasteiger charge is 2.15. The lowest BCUT2D eigenvalue weighted by atomic mass is 10.0. The van der Waals surface area contributed by atoms with Crippen LogP contribution in [0, 0.1) is 5.41 Å². The molecule has 0 radical (unpaired) electrons. The molecule has 35 heavy (non-hydrogen) atoms. The van der Waals surface area contributed by atoms with Gasteiger partial charge in [-0.25, -0.2) is 0 Å². The number of rotatable bonds is 8. The third-order valence-electron chi connectivity index (χ3n) is 5.75. The van der Waals surface area contributed by atoms with Gasteiger partial charge in [-0.15, -0.1) is 0 Å². The summed E-state index contributed by atoms with van der Waals surface area (Å²) in [4.78, 5) is 25.5. The van der Waals surface area contributed by atoms with E-state index >= 15 is 0 Å². The lowest BCUT2D eigenvalue weighted by molar-refractivity contribution is -0.117. The Labute approximate surface area is 203 Å². The van der Waals surface area contributed by atoms with Crippen molar-refractivity contribution >= 4 is 34.1 Å². The van der Waals surface area contributed by atoms with Crippen LogP contribution in [0.25, 0.3) is 10.8 Å². The summed E-state index contributed by atoms with van der Waals surface area (Å²) in [6, 6.07) is 27.0. The van der Waals surface area contributed by atoms with Crippen molar-refractivity contribution in [1.29, 1.82) is 5.41 Å². The molecule has 4 aromatic carbocycles. The molecule has 0 aliphatic heterocycles. The fraction of sp³-hybridized carbons (Fsp3) is 0.107. The quantitative estimate of drug-likeness (QED) is 0.201. The molecule has 0 aliphatic rings. The molecule has 1 atom stereocenters. The number of amidine groups is 1. The molecular formula is C28H27N5O2. The fourth-order valence-corrected chi connectivity index (χ4v) is 3.83. The Bertz CT molecular complexity index is 1370. The van der Waals surface area contributed by atoms with Crippen molar-refractivity contribution in [2.75, 3.05) is 5.32 Å². The van der Waals surface area contributed by atoms with Crippen molar-refractivity contribution in [2.24, 2.45) is 11.5 Å². The van der Waals surface area contributed by atoms with Crippen LogP contribution < -0.4 is 22.1 Å². The summed E-state index contributed by atoms with van der Waals surface area (Å²) >= 11 is 0. The van der Waals surface area contributed by atoms with E-state index in [4.69, 9.17) is 16.9 Å². The van der Waals surface area contributed by atoms with Crippen molar-refractivity contribution < 1.29 is 9.59 Å². The second-order valence-electron chi connectivity index (χ2n) is 8.32. The molecule has 4 rings (SSSR count). The van der Waals surface area contributed by atoms with Gasteiger partial charge < -0.3 is 22.1 Å². The van der Waals surface area contributed by atoms with E-state index < -0.39 is 6.04 Å². The SMILES string of the molecule is N=C(N)c1ccc(CNC(=O)c2cccc3cc(NC(=O)C(N)Cc4ccccc4)ccc23)cc1. The largest absolute Gasteiger partial charge is 0.384 e. The molecule has 0 saturated carbocycles. The van der Waals surface area contributed by atoms with Gasteiger partial charge >= 0.3 is 0 Å². The molecule has 0 heterocycles. The molecular weight excluding hydrogens is 438 g/mol. The summed E-state index contributed by atoms with van der Waals surface area (Å²) in [6.45, 7) is 0.348. The standard InChI is InChI=1S/C28H27N5O2/c29-25(15-18-5-2-1-3-6-18)28(35)33-22-13-14-23-21(16-22)7-4-8-24(23)27(34)32-17-19-9-11-20(12-10-19)26(30)31/h1-14,16,25H,15,17,29H2,(H3,30,31)(H,32,34)(H,33,35). The highest BCUT2D eigenvalue weighted by Crippen LogP contribution is 2.23. The first-order chi connectivity index (χ1) is 16.9. The maximum atomic E-state index is 12.9. The van der Waals surface area contributed by atoms with Crippen LogP contribution in [-0.2, 0) is 17.8 Å². The van der Waals surface area contributed by atoms with Gasteiger partial charge in [0.15, 0.2) is 0 Å². The number of carbonyl (C=O) groups is 2. The van der Waals surface area contributed by atoms with Gasteiger partial charge in [-0.2, -0.15) is 0 Å². The first-order valence-corrected chi connectivity index (χ1v) is 11.3. The van der Waals surface area contributed by atoms with Gasteiger partial charge in [0.2, 0.25) is 5.91 Å². The lowest BCUT2D eigenvalue weighted by Gasteiger charge is -2.14. The monoisotopic (exact) mass is 465 g/mol. The highest BCUT2D eigenvalue weighted by atomic mass is 16.2. The molecule has 1 unspecified atom stereocenters. The van der Waals surface area contributed by atoms with Crippen molar-refractivity contribution in [2.45, 2.75) is 19.0 Å². The van der Waals surface area contributed by atoms with Crippen molar-refractivity contribution in [1.82, 2.24) is 5.32 Å². The van der Waals surface area contributed by atoms with Gasteiger partial charge in [-0.3, -0.25) is 15.0 Å². The van der Waals surface area contributed by atoms with Gasteiger partial charge in [0.25, 0.3) is 5.91 Å². The predicted molar refractivity (Wildman–Crippen MR) is 139 cm³/mol. The summed E-state index contributed by atoms with van der Waals surface area (Å²) in [5.41, 5.74) is 15.3. The average molecular weight is 466 g/mol. The number of carbonyl (C=O) groups excluding carboxylic acids is 2. The zero-order valence-electron chi connectivity index (χ0n) is 19.1. The third kappa shape index (κ3) is 5.90. The molecule has 0 fully saturated rings. The normalized spacial score (nSPS) is 11.6. The third-order valence-corrected chi connectivity index (χ3v) is 5.75. The second kappa shape index (κ2) is 10.6. The first-order valence-electron chi connectivity index (χ1n) is 11.3. The Kier molecular flexibility index (Phi) is 7.18. The zero-order valence-corrected chi connectivity index (χ0v) is 19.1. The predicted octanol–water partition coefficient (Wildman–Crippen LogP) is 3.56. The average Bonchev–Trinajstić information content (AvgIpc) is 2.87. The van der Waals surface area contributed by atoms with Gasteiger partial charge in [0, 0.05) is 23.4 Å². The summed E-state index contributed by atoms with van der Waals surface area (Å²) in [5.74, 6) is -0.462. The molecule has 0 aromatic heterocycles. The van der Waals surface area contributed by atoms with Crippen molar-refractivity contribution in [3.05, 3.63) is 113 Å². The molecule has 0 saturated heterocycles. The van der Waals surface area contributed by atoms with Crippen LogP contribution in [0.15, 0.2) is 91.0 Å². The number of fused-ring (bicyclic) bond motifs is 1. The minimum absolute atomic E-state index is 0.00470. The number of nitrogens with one attached hydrogen (secondary N) is 3. The number of anilines is 1. The molecule has 0 spiro atoms. The van der Waals surface area contributed by atoms with E-state index in [1.54, 1.807) is 24.3 Å². The Morgan fingerprint density at radius 3 is 2.31 bits per heavy atom. The Morgan fingerprint density at radius 1 is 0.857 bits per heavy atom. The number of hydrogen-bond acceptors (Lipinski definition) is 4. The maximum Gasteiger partial charge on any atom is 0.252 e. The Balaban J connectivity index is 1.42. The number of nitrogen functional groups attached to an aromatic ring is 1. The summed E-state index contributed by atoms with van der Waals surface area (Å²) < 4.78 is 0. The van der Waals surface area contributed by atoms with Gasteiger partial charge in [0.05, 0.1) is 6.04 Å². The van der Waals surface area contributed by atoms with Crippen LogP contribution in [0.4, 0.5) is 5.69 Å². The summed E-state index contributed by atoms with van der Waals surface area (Å²) in [7, 11) is 0. The van der Waals surface area contributed by atoms with E-state index in [1.165, 1.54) is 0 Å². The van der Waals surface area contributed by atoms with Crippen LogP contribution in [0.2, 0.25) is 0 Å². The minimum atomic E-state index is -0.672. The van der Waals surface area contributed by atoms with Gasteiger partial charge in [-0.1, -0.05) is 72.8 Å². The van der Waals surface area contributed by atoms with E-state index in [2.05, 4.69) is 10.6 Å². The Hall–Kier alpha value is -4.49. The number of benzene rings is 4. The molecule has 176 valence electrons. The number of amides is 2. The second-order valence-corrected chi connectivity index (χ2v) is 8.32. The first kappa shape index (κ1) is 23.7. The smallest absolute Gasteiger partial charge is 0.252 e. The molecule has 7 N–H and O–H groups in total. The van der Waals surface area contributed by atoms with Gasteiger partial charge in [0.1, 0.15) is 5.84 Å². The van der Waals surface area contributed by atoms with E-state index in [1.807, 2.05) is 66.7 Å². The van der Waals surface area contributed by atoms with Crippen LogP contribution in [0.1, 0.15) is 27.0 Å². The molecule has 2 amide bonds. The lowest BCUT2D eigenvalue weighted by Crippen LogP contribution is -2.37. The van der Waals surface area contributed by atoms with Crippen LogP contribution in [0.5, 0.6) is 0 Å². The van der Waals surface area contributed by atoms with Crippen LogP contribution in [0.3, 0.4) is 0 Å². The van der Waals surface area contributed by atoms with Crippen molar-refractivity contribution in [3.63, 3.8) is 0 Å². The molecule has 0 bridgehead atoms. The topological polar surface area (TPSA) is 134 Å². The van der Waals surface area contributed by atoms with Crippen molar-refractivity contribution in [3.8, 4) is 0 Å². The highest BCUT2D eigenvalue weighted by molar-refractivity contribution is 6.08. The number of nitrogens with two attached hydrogens (primary N) is 2. The number of hydrogen-bond donors (Lipinski definition) is 5. The van der Waals surface area contributed by atoms with E-state index in [0.717, 1.165) is 21.9 Å². The van der Waals surface area contributed by atoms with Gasteiger partial charge in [-0.05, 0) is 46.5 Å². The van der Waals surface area contributed by atoms with E-state index in [-0.39, 0.29) is 17.6 Å². The summed E-state index contributed by atoms with van der Waals surface area (Å²) in [5, 5.41) is 14.9. The molecule has 4 aromatic rings. The fourth-order valence-electron chi connectivity index (χ4n) is 3.83. The summed E-state index contributed by atoms with van der Waals surface area (Å²) in [6.07, 6.45) is 0.446. The van der Waals surface area contributed by atoms with E-state index in [9.17, 15) is 9.59 Å². The van der Waals surface area contributed by atoms with Crippen LogP contribution in [-0.4, -0.2) is 23.7 Å². The Morgan fingerprint density at radius 2 is 1.60 bits per heavy atom. The minimum Gasteiger partial charge on any atom is -0.384 e.